The number of hydrogen-bond acceptors (Lipinski definition) is 3. The Hall–Kier alpha value is -2.37. The topological polar surface area (TPSA) is 67.4 Å². The molecule has 2 amide bonds. The first-order valence-corrected chi connectivity index (χ1v) is 9.02. The first kappa shape index (κ1) is 18.4. The van der Waals surface area contributed by atoms with Gasteiger partial charge in [0.2, 0.25) is 5.91 Å². The van der Waals surface area contributed by atoms with E-state index in [9.17, 15) is 9.59 Å². The summed E-state index contributed by atoms with van der Waals surface area (Å²) in [6.07, 6.45) is 2.41. The Balaban J connectivity index is 1.49. The van der Waals surface area contributed by atoms with Crippen LogP contribution in [0.15, 0.2) is 48.5 Å². The maximum absolute atomic E-state index is 12.1. The van der Waals surface area contributed by atoms with Crippen molar-refractivity contribution in [2.24, 2.45) is 0 Å². The van der Waals surface area contributed by atoms with Crippen molar-refractivity contribution in [1.82, 2.24) is 5.32 Å². The van der Waals surface area contributed by atoms with Crippen molar-refractivity contribution in [1.29, 1.82) is 0 Å². The zero-order valence-electron chi connectivity index (χ0n) is 14.3. The molecule has 1 unspecified atom stereocenters. The van der Waals surface area contributed by atoms with Crippen LogP contribution in [0.25, 0.3) is 0 Å². The molecule has 0 aliphatic carbocycles. The van der Waals surface area contributed by atoms with Gasteiger partial charge in [0.05, 0.1) is 12.5 Å². The molecule has 2 aromatic carbocycles. The van der Waals surface area contributed by atoms with Crippen LogP contribution in [-0.2, 0) is 16.0 Å². The van der Waals surface area contributed by atoms with Crippen LogP contribution in [0.4, 0.5) is 5.69 Å². The fraction of sp³-hybridized carbons (Fsp3) is 0.300. The largest absolute Gasteiger partial charge is 0.376 e. The highest BCUT2D eigenvalue weighted by Gasteiger charge is 2.16. The maximum Gasteiger partial charge on any atom is 0.251 e. The minimum absolute atomic E-state index is 0.116. The van der Waals surface area contributed by atoms with E-state index in [0.717, 1.165) is 25.0 Å². The fourth-order valence-electron chi connectivity index (χ4n) is 2.81. The molecular weight excluding hydrogens is 352 g/mol. The smallest absolute Gasteiger partial charge is 0.251 e. The number of anilines is 1. The van der Waals surface area contributed by atoms with Gasteiger partial charge in [-0.25, -0.2) is 0 Å². The molecule has 26 heavy (non-hydrogen) atoms. The third-order valence-electron chi connectivity index (χ3n) is 4.22. The van der Waals surface area contributed by atoms with Crippen molar-refractivity contribution in [3.8, 4) is 0 Å². The first-order chi connectivity index (χ1) is 12.6. The lowest BCUT2D eigenvalue weighted by atomic mass is 10.1. The molecule has 1 aliphatic heterocycles. The summed E-state index contributed by atoms with van der Waals surface area (Å²) in [5.74, 6) is -0.262. The molecule has 0 aromatic heterocycles. The molecule has 0 radical (unpaired) electrons. The molecule has 1 fully saturated rings. The van der Waals surface area contributed by atoms with Crippen LogP contribution >= 0.6 is 11.6 Å². The van der Waals surface area contributed by atoms with Crippen LogP contribution < -0.4 is 10.6 Å². The van der Waals surface area contributed by atoms with E-state index in [4.69, 9.17) is 16.3 Å². The SMILES string of the molecule is O=C(Cc1ccc(Cl)cc1)Nc1ccc(C(=O)NCC2CCCO2)cc1. The highest BCUT2D eigenvalue weighted by Crippen LogP contribution is 2.14. The monoisotopic (exact) mass is 372 g/mol. The molecule has 0 bridgehead atoms. The molecule has 3 rings (SSSR count). The number of ether oxygens (including phenoxy) is 1. The van der Waals surface area contributed by atoms with Crippen molar-refractivity contribution < 1.29 is 14.3 Å². The molecule has 1 aliphatic rings. The Morgan fingerprint density at radius 3 is 2.46 bits per heavy atom. The van der Waals surface area contributed by atoms with E-state index in [2.05, 4.69) is 10.6 Å². The number of carbonyl (C=O) groups is 2. The second-order valence-corrected chi connectivity index (χ2v) is 6.71. The summed E-state index contributed by atoms with van der Waals surface area (Å²) in [5, 5.41) is 6.34. The quantitative estimate of drug-likeness (QED) is 0.816. The van der Waals surface area contributed by atoms with E-state index in [0.29, 0.717) is 22.8 Å². The van der Waals surface area contributed by atoms with E-state index in [-0.39, 0.29) is 24.3 Å². The van der Waals surface area contributed by atoms with E-state index < -0.39 is 0 Å². The standard InChI is InChI=1S/C20H21ClN2O3/c21-16-7-3-14(4-8-16)12-19(24)23-17-9-5-15(6-10-17)20(25)22-13-18-2-1-11-26-18/h3-10,18H,1-2,11-13H2,(H,22,25)(H,23,24). The summed E-state index contributed by atoms with van der Waals surface area (Å²) in [6, 6.07) is 14.0. The van der Waals surface area contributed by atoms with Crippen LogP contribution in [-0.4, -0.2) is 31.1 Å². The average molecular weight is 373 g/mol. The van der Waals surface area contributed by atoms with Gasteiger partial charge in [-0.2, -0.15) is 0 Å². The molecule has 1 heterocycles. The molecule has 2 N–H and O–H groups in total. The number of hydrogen-bond donors (Lipinski definition) is 2. The molecule has 1 saturated heterocycles. The number of rotatable bonds is 6. The van der Waals surface area contributed by atoms with Gasteiger partial charge in [-0.1, -0.05) is 23.7 Å². The highest BCUT2D eigenvalue weighted by atomic mass is 35.5. The van der Waals surface area contributed by atoms with Gasteiger partial charge in [-0.05, 0) is 54.8 Å². The van der Waals surface area contributed by atoms with Gasteiger partial charge < -0.3 is 15.4 Å². The number of nitrogens with one attached hydrogen (secondary N) is 2. The molecule has 0 saturated carbocycles. The van der Waals surface area contributed by atoms with Gasteiger partial charge in [0.1, 0.15) is 0 Å². The van der Waals surface area contributed by atoms with Crippen LogP contribution in [0.3, 0.4) is 0 Å². The van der Waals surface area contributed by atoms with Crippen molar-refractivity contribution in [3.63, 3.8) is 0 Å². The van der Waals surface area contributed by atoms with Crippen molar-refractivity contribution >= 4 is 29.1 Å². The number of carbonyl (C=O) groups excluding carboxylic acids is 2. The number of benzene rings is 2. The summed E-state index contributed by atoms with van der Waals surface area (Å²) in [5.41, 5.74) is 2.09. The molecule has 136 valence electrons. The van der Waals surface area contributed by atoms with Crippen LogP contribution in [0.2, 0.25) is 5.02 Å². The molecule has 2 aromatic rings. The number of amides is 2. The lowest BCUT2D eigenvalue weighted by Gasteiger charge is -2.11. The van der Waals surface area contributed by atoms with Gasteiger partial charge in [-0.15, -0.1) is 0 Å². The Bertz CT molecular complexity index is 754. The molecule has 5 nitrogen and oxygen atoms in total. The van der Waals surface area contributed by atoms with Crippen molar-refractivity contribution in [2.45, 2.75) is 25.4 Å². The minimum atomic E-state index is -0.139. The van der Waals surface area contributed by atoms with Gasteiger partial charge in [0.25, 0.3) is 5.91 Å². The first-order valence-electron chi connectivity index (χ1n) is 8.64. The van der Waals surface area contributed by atoms with Gasteiger partial charge in [-0.3, -0.25) is 9.59 Å². The van der Waals surface area contributed by atoms with Gasteiger partial charge >= 0.3 is 0 Å². The second-order valence-electron chi connectivity index (χ2n) is 6.27. The Labute approximate surface area is 157 Å². The Kier molecular flexibility index (Phi) is 6.26. The summed E-state index contributed by atoms with van der Waals surface area (Å²) in [6.45, 7) is 1.30. The summed E-state index contributed by atoms with van der Waals surface area (Å²) >= 11 is 5.84. The maximum atomic E-state index is 12.1. The van der Waals surface area contributed by atoms with Crippen LogP contribution in [0, 0.1) is 0 Å². The third kappa shape index (κ3) is 5.31. The Morgan fingerprint density at radius 1 is 1.08 bits per heavy atom. The zero-order valence-corrected chi connectivity index (χ0v) is 15.1. The van der Waals surface area contributed by atoms with Crippen LogP contribution in [0.1, 0.15) is 28.8 Å². The van der Waals surface area contributed by atoms with E-state index in [1.165, 1.54) is 0 Å². The summed E-state index contributed by atoms with van der Waals surface area (Å²) in [4.78, 5) is 24.2. The van der Waals surface area contributed by atoms with E-state index in [1.54, 1.807) is 36.4 Å². The van der Waals surface area contributed by atoms with E-state index >= 15 is 0 Å². The molecule has 0 spiro atoms. The van der Waals surface area contributed by atoms with E-state index in [1.807, 2.05) is 12.1 Å². The minimum Gasteiger partial charge on any atom is -0.376 e. The second kappa shape index (κ2) is 8.83. The predicted octanol–water partition coefficient (Wildman–Crippen LogP) is 3.43. The number of halogens is 1. The lowest BCUT2D eigenvalue weighted by molar-refractivity contribution is -0.115. The normalized spacial score (nSPS) is 16.3. The summed E-state index contributed by atoms with van der Waals surface area (Å²) < 4.78 is 5.49. The summed E-state index contributed by atoms with van der Waals surface area (Å²) in [7, 11) is 0. The lowest BCUT2D eigenvalue weighted by Crippen LogP contribution is -2.31. The van der Waals surface area contributed by atoms with Gasteiger partial charge in [0.15, 0.2) is 0 Å². The molecule has 6 heteroatoms. The van der Waals surface area contributed by atoms with Crippen molar-refractivity contribution in [3.05, 3.63) is 64.7 Å². The van der Waals surface area contributed by atoms with Gasteiger partial charge in [0, 0.05) is 29.4 Å². The third-order valence-corrected chi connectivity index (χ3v) is 4.48. The highest BCUT2D eigenvalue weighted by molar-refractivity contribution is 6.30. The van der Waals surface area contributed by atoms with Crippen molar-refractivity contribution in [2.75, 3.05) is 18.5 Å². The zero-order chi connectivity index (χ0) is 18.4. The van der Waals surface area contributed by atoms with Crippen LogP contribution in [0.5, 0.6) is 0 Å². The fourth-order valence-corrected chi connectivity index (χ4v) is 2.94. The molecular formula is C20H21ClN2O3. The Morgan fingerprint density at radius 2 is 1.81 bits per heavy atom. The predicted molar refractivity (Wildman–Crippen MR) is 102 cm³/mol. The average Bonchev–Trinajstić information content (AvgIpc) is 3.16. The molecule has 1 atom stereocenters.